The monoisotopic (exact) mass is 299 g/mol. The van der Waals surface area contributed by atoms with Crippen LogP contribution in [-0.2, 0) is 6.42 Å². The van der Waals surface area contributed by atoms with E-state index < -0.39 is 0 Å². The number of benzene rings is 2. The lowest BCUT2D eigenvalue weighted by atomic mass is 9.96. The molecule has 0 amide bonds. The second kappa shape index (κ2) is 6.54. The van der Waals surface area contributed by atoms with Crippen molar-refractivity contribution in [2.24, 2.45) is 0 Å². The summed E-state index contributed by atoms with van der Waals surface area (Å²) in [6, 6.07) is 15.7. The minimum Gasteiger partial charge on any atom is -0.493 e. The Labute approximate surface area is 130 Å². The van der Waals surface area contributed by atoms with Gasteiger partial charge in [0, 0.05) is 11.3 Å². The molecule has 0 saturated heterocycles. The van der Waals surface area contributed by atoms with Gasteiger partial charge in [-0.2, -0.15) is 0 Å². The van der Waals surface area contributed by atoms with Crippen molar-refractivity contribution in [1.29, 1.82) is 0 Å². The number of hydrogen-bond acceptors (Lipinski definition) is 3. The molecule has 1 unspecified atom stereocenters. The molecule has 3 rings (SSSR count). The predicted octanol–water partition coefficient (Wildman–Crippen LogP) is 4.04. The predicted molar refractivity (Wildman–Crippen MR) is 89.4 cm³/mol. The molecule has 1 atom stereocenters. The first kappa shape index (κ1) is 14.5. The number of fused-ring (bicyclic) bond motifs is 1. The zero-order chi connectivity index (χ0) is 14.7. The Morgan fingerprint density at radius 2 is 1.90 bits per heavy atom. The Morgan fingerprint density at radius 1 is 1.14 bits per heavy atom. The summed E-state index contributed by atoms with van der Waals surface area (Å²) in [6.07, 6.45) is 1.02. The van der Waals surface area contributed by atoms with Gasteiger partial charge in [-0.25, -0.2) is 0 Å². The molecule has 0 fully saturated rings. The SMILES string of the molecule is CCSc1ccc(C(NC)c2ccc3c(c2)CCO3)cc1. The summed E-state index contributed by atoms with van der Waals surface area (Å²) in [4.78, 5) is 1.33. The van der Waals surface area contributed by atoms with Gasteiger partial charge < -0.3 is 10.1 Å². The lowest BCUT2D eigenvalue weighted by Crippen LogP contribution is -2.17. The first-order chi connectivity index (χ1) is 10.3. The van der Waals surface area contributed by atoms with Crippen LogP contribution >= 0.6 is 11.8 Å². The minimum absolute atomic E-state index is 0.233. The van der Waals surface area contributed by atoms with Crippen molar-refractivity contribution in [2.45, 2.75) is 24.3 Å². The molecule has 2 aromatic carbocycles. The van der Waals surface area contributed by atoms with E-state index in [2.05, 4.69) is 54.7 Å². The molecule has 0 bridgehead atoms. The van der Waals surface area contributed by atoms with Crippen LogP contribution in [0, 0.1) is 0 Å². The summed E-state index contributed by atoms with van der Waals surface area (Å²) < 4.78 is 5.59. The van der Waals surface area contributed by atoms with E-state index in [0.29, 0.717) is 0 Å². The topological polar surface area (TPSA) is 21.3 Å². The highest BCUT2D eigenvalue weighted by Crippen LogP contribution is 2.31. The summed E-state index contributed by atoms with van der Waals surface area (Å²) in [5, 5.41) is 3.43. The van der Waals surface area contributed by atoms with E-state index in [-0.39, 0.29) is 6.04 Å². The van der Waals surface area contributed by atoms with Crippen molar-refractivity contribution >= 4 is 11.8 Å². The fraction of sp³-hybridized carbons (Fsp3) is 0.333. The lowest BCUT2D eigenvalue weighted by molar-refractivity contribution is 0.357. The zero-order valence-electron chi connectivity index (χ0n) is 12.6. The molecule has 0 saturated carbocycles. The molecule has 3 heteroatoms. The van der Waals surface area contributed by atoms with Crippen molar-refractivity contribution in [3.8, 4) is 5.75 Å². The van der Waals surface area contributed by atoms with E-state index in [0.717, 1.165) is 24.5 Å². The molecule has 2 nitrogen and oxygen atoms in total. The Morgan fingerprint density at radius 3 is 2.62 bits per heavy atom. The van der Waals surface area contributed by atoms with Gasteiger partial charge in [-0.15, -0.1) is 11.8 Å². The Kier molecular flexibility index (Phi) is 4.51. The third kappa shape index (κ3) is 3.09. The van der Waals surface area contributed by atoms with Crippen LogP contribution in [0.25, 0.3) is 0 Å². The highest BCUT2D eigenvalue weighted by Gasteiger charge is 2.17. The van der Waals surface area contributed by atoms with Gasteiger partial charge in [0.05, 0.1) is 12.6 Å². The molecule has 21 heavy (non-hydrogen) atoms. The summed E-state index contributed by atoms with van der Waals surface area (Å²) in [7, 11) is 2.02. The van der Waals surface area contributed by atoms with Gasteiger partial charge in [-0.3, -0.25) is 0 Å². The largest absolute Gasteiger partial charge is 0.493 e. The van der Waals surface area contributed by atoms with Crippen LogP contribution in [0.15, 0.2) is 47.4 Å². The van der Waals surface area contributed by atoms with Crippen LogP contribution < -0.4 is 10.1 Å². The molecule has 1 N–H and O–H groups in total. The van der Waals surface area contributed by atoms with Gasteiger partial charge in [0.25, 0.3) is 0 Å². The van der Waals surface area contributed by atoms with Crippen LogP contribution in [-0.4, -0.2) is 19.4 Å². The van der Waals surface area contributed by atoms with Crippen LogP contribution in [0.3, 0.4) is 0 Å². The van der Waals surface area contributed by atoms with Crippen LogP contribution in [0.5, 0.6) is 5.75 Å². The second-order valence-electron chi connectivity index (χ2n) is 5.19. The Hall–Kier alpha value is -1.45. The molecule has 1 heterocycles. The number of ether oxygens (including phenoxy) is 1. The molecule has 0 aliphatic carbocycles. The van der Waals surface area contributed by atoms with Crippen molar-refractivity contribution < 1.29 is 4.74 Å². The average Bonchev–Trinajstić information content (AvgIpc) is 2.98. The quantitative estimate of drug-likeness (QED) is 0.842. The summed E-state index contributed by atoms with van der Waals surface area (Å²) in [5.74, 6) is 2.16. The van der Waals surface area contributed by atoms with Crippen LogP contribution in [0.2, 0.25) is 0 Å². The smallest absolute Gasteiger partial charge is 0.122 e. The molecular formula is C18H21NOS. The van der Waals surface area contributed by atoms with Crippen molar-refractivity contribution in [3.63, 3.8) is 0 Å². The van der Waals surface area contributed by atoms with E-state index in [9.17, 15) is 0 Å². The zero-order valence-corrected chi connectivity index (χ0v) is 13.4. The molecular weight excluding hydrogens is 278 g/mol. The fourth-order valence-electron chi connectivity index (χ4n) is 2.84. The normalized spacial score (nSPS) is 14.6. The van der Waals surface area contributed by atoms with Crippen LogP contribution in [0.4, 0.5) is 0 Å². The number of hydrogen-bond donors (Lipinski definition) is 1. The summed E-state index contributed by atoms with van der Waals surface area (Å²) in [6.45, 7) is 2.99. The van der Waals surface area contributed by atoms with Crippen molar-refractivity contribution in [1.82, 2.24) is 5.32 Å². The Bertz CT molecular complexity index is 609. The van der Waals surface area contributed by atoms with Gasteiger partial charge in [-0.05, 0) is 47.7 Å². The third-order valence-corrected chi connectivity index (χ3v) is 4.75. The summed E-state index contributed by atoms with van der Waals surface area (Å²) >= 11 is 1.88. The maximum absolute atomic E-state index is 5.59. The van der Waals surface area contributed by atoms with Gasteiger partial charge in [0.2, 0.25) is 0 Å². The van der Waals surface area contributed by atoms with Crippen LogP contribution in [0.1, 0.15) is 29.7 Å². The number of rotatable bonds is 5. The van der Waals surface area contributed by atoms with E-state index >= 15 is 0 Å². The van der Waals surface area contributed by atoms with E-state index in [1.165, 1.54) is 21.6 Å². The lowest BCUT2D eigenvalue weighted by Gasteiger charge is -2.18. The Balaban J connectivity index is 1.87. The molecule has 0 radical (unpaired) electrons. The van der Waals surface area contributed by atoms with Gasteiger partial charge in [-0.1, -0.05) is 31.2 Å². The molecule has 110 valence electrons. The molecule has 0 aromatic heterocycles. The standard InChI is InChI=1S/C18H21NOS/c1-3-21-16-7-4-13(5-8-16)18(19-2)15-6-9-17-14(12-15)10-11-20-17/h4-9,12,18-19H,3,10-11H2,1-2H3. The fourth-order valence-corrected chi connectivity index (χ4v) is 3.50. The average molecular weight is 299 g/mol. The van der Waals surface area contributed by atoms with E-state index in [1.807, 2.05) is 18.8 Å². The highest BCUT2D eigenvalue weighted by atomic mass is 32.2. The summed E-state index contributed by atoms with van der Waals surface area (Å²) in [5.41, 5.74) is 3.93. The first-order valence-corrected chi connectivity index (χ1v) is 8.46. The van der Waals surface area contributed by atoms with Gasteiger partial charge in [0.1, 0.15) is 5.75 Å². The second-order valence-corrected chi connectivity index (χ2v) is 6.53. The molecule has 2 aromatic rings. The first-order valence-electron chi connectivity index (χ1n) is 7.47. The highest BCUT2D eigenvalue weighted by molar-refractivity contribution is 7.99. The van der Waals surface area contributed by atoms with Gasteiger partial charge >= 0.3 is 0 Å². The molecule has 1 aliphatic heterocycles. The number of nitrogens with one attached hydrogen (secondary N) is 1. The number of thioether (sulfide) groups is 1. The van der Waals surface area contributed by atoms with Crippen molar-refractivity contribution in [2.75, 3.05) is 19.4 Å². The maximum Gasteiger partial charge on any atom is 0.122 e. The molecule has 0 spiro atoms. The van der Waals surface area contributed by atoms with E-state index in [4.69, 9.17) is 4.74 Å². The van der Waals surface area contributed by atoms with Crippen molar-refractivity contribution in [3.05, 3.63) is 59.2 Å². The van der Waals surface area contributed by atoms with Gasteiger partial charge in [0.15, 0.2) is 0 Å². The third-order valence-electron chi connectivity index (χ3n) is 3.86. The minimum atomic E-state index is 0.233. The molecule has 1 aliphatic rings. The maximum atomic E-state index is 5.59. The van der Waals surface area contributed by atoms with E-state index in [1.54, 1.807) is 0 Å².